The van der Waals surface area contributed by atoms with Gasteiger partial charge in [-0.25, -0.2) is 0 Å². The summed E-state index contributed by atoms with van der Waals surface area (Å²) in [7, 11) is 0. The van der Waals surface area contributed by atoms with Gasteiger partial charge in [0.25, 0.3) is 0 Å². The molecule has 0 radical (unpaired) electrons. The number of furan rings is 1. The Morgan fingerprint density at radius 1 is 1.21 bits per heavy atom. The minimum Gasteiger partial charge on any atom is -0.493 e. The van der Waals surface area contributed by atoms with E-state index >= 15 is 0 Å². The van der Waals surface area contributed by atoms with E-state index in [2.05, 4.69) is 16.4 Å². The number of anilines is 1. The van der Waals surface area contributed by atoms with Gasteiger partial charge in [0.05, 0.1) is 17.8 Å². The summed E-state index contributed by atoms with van der Waals surface area (Å²) in [6.45, 7) is 6.51. The Hall–Kier alpha value is -3.60. The number of nitrogens with zero attached hydrogens (tertiary/aromatic N) is 1. The SMILES string of the molecule is CCOc1c(/C(C)=C/C(=O)Nc2cccc3cccnc23)cc2c3c(oc2c1C)CCCC3. The third kappa shape index (κ3) is 3.88. The molecule has 0 saturated heterocycles. The molecule has 0 saturated carbocycles. The van der Waals surface area contributed by atoms with Crippen LogP contribution in [0.1, 0.15) is 49.1 Å². The van der Waals surface area contributed by atoms with Crippen LogP contribution >= 0.6 is 0 Å². The normalized spacial score (nSPS) is 13.8. The molecular formula is C28H28N2O3. The van der Waals surface area contributed by atoms with Crippen LogP contribution in [0, 0.1) is 6.92 Å². The first-order valence-corrected chi connectivity index (χ1v) is 11.6. The van der Waals surface area contributed by atoms with Crippen LogP contribution in [0.15, 0.2) is 53.1 Å². The van der Waals surface area contributed by atoms with Crippen molar-refractivity contribution in [2.24, 2.45) is 0 Å². The van der Waals surface area contributed by atoms with Crippen LogP contribution in [-0.2, 0) is 17.6 Å². The summed E-state index contributed by atoms with van der Waals surface area (Å²) in [6, 6.07) is 11.8. The molecule has 1 amide bonds. The summed E-state index contributed by atoms with van der Waals surface area (Å²) < 4.78 is 12.3. The Balaban J connectivity index is 1.54. The Morgan fingerprint density at radius 3 is 2.88 bits per heavy atom. The number of amides is 1. The average molecular weight is 441 g/mol. The lowest BCUT2D eigenvalue weighted by molar-refractivity contribution is -0.111. The predicted molar refractivity (Wildman–Crippen MR) is 133 cm³/mol. The van der Waals surface area contributed by atoms with Crippen LogP contribution in [0.25, 0.3) is 27.4 Å². The summed E-state index contributed by atoms with van der Waals surface area (Å²) in [4.78, 5) is 17.4. The van der Waals surface area contributed by atoms with Gasteiger partial charge >= 0.3 is 0 Å². The first-order valence-electron chi connectivity index (χ1n) is 11.6. The Bertz CT molecular complexity index is 1390. The predicted octanol–water partition coefficient (Wildman–Crippen LogP) is 6.61. The third-order valence-corrected chi connectivity index (χ3v) is 6.38. The number of pyridine rings is 1. The third-order valence-electron chi connectivity index (χ3n) is 6.38. The summed E-state index contributed by atoms with van der Waals surface area (Å²) in [5, 5.41) is 5.13. The number of para-hydroxylation sites is 1. The van der Waals surface area contributed by atoms with Gasteiger partial charge < -0.3 is 14.5 Å². The van der Waals surface area contributed by atoms with Gasteiger partial charge in [0.1, 0.15) is 17.1 Å². The lowest BCUT2D eigenvalue weighted by Gasteiger charge is -2.15. The average Bonchev–Trinajstić information content (AvgIpc) is 3.20. The van der Waals surface area contributed by atoms with E-state index in [1.54, 1.807) is 12.3 Å². The van der Waals surface area contributed by atoms with Crippen molar-refractivity contribution in [3.8, 4) is 5.75 Å². The van der Waals surface area contributed by atoms with Crippen LogP contribution in [0.5, 0.6) is 5.75 Å². The summed E-state index contributed by atoms with van der Waals surface area (Å²) >= 11 is 0. The van der Waals surface area contributed by atoms with Crippen molar-refractivity contribution in [2.75, 3.05) is 11.9 Å². The molecule has 33 heavy (non-hydrogen) atoms. The van der Waals surface area contributed by atoms with Gasteiger partial charge in [-0.15, -0.1) is 0 Å². The number of hydrogen-bond donors (Lipinski definition) is 1. The summed E-state index contributed by atoms with van der Waals surface area (Å²) in [5.41, 5.74) is 6.46. The second kappa shape index (κ2) is 8.74. The number of rotatable bonds is 5. The number of aromatic nitrogens is 1. The molecule has 0 aliphatic heterocycles. The number of benzene rings is 2. The van der Waals surface area contributed by atoms with Gasteiger partial charge in [-0.3, -0.25) is 9.78 Å². The topological polar surface area (TPSA) is 64.4 Å². The number of fused-ring (bicyclic) bond motifs is 4. The fraction of sp³-hybridized carbons (Fsp3) is 0.286. The van der Waals surface area contributed by atoms with Gasteiger partial charge in [-0.1, -0.05) is 18.2 Å². The zero-order valence-electron chi connectivity index (χ0n) is 19.3. The maximum atomic E-state index is 13.0. The number of carbonyl (C=O) groups is 1. The van der Waals surface area contributed by atoms with Crippen molar-refractivity contribution in [3.63, 3.8) is 0 Å². The molecule has 5 rings (SSSR count). The lowest BCUT2D eigenvalue weighted by atomic mass is 9.93. The molecule has 1 aliphatic rings. The van der Waals surface area contributed by atoms with E-state index in [1.807, 2.05) is 51.1 Å². The molecule has 0 bridgehead atoms. The van der Waals surface area contributed by atoms with Crippen LogP contribution in [-0.4, -0.2) is 17.5 Å². The number of nitrogens with one attached hydrogen (secondary N) is 1. The van der Waals surface area contributed by atoms with Crippen molar-refractivity contribution in [3.05, 3.63) is 71.1 Å². The van der Waals surface area contributed by atoms with Crippen molar-refractivity contribution >= 4 is 39.0 Å². The number of allylic oxidation sites excluding steroid dienone is 1. The molecule has 1 N–H and O–H groups in total. The van der Waals surface area contributed by atoms with Gasteiger partial charge in [-0.05, 0) is 63.8 Å². The van der Waals surface area contributed by atoms with Crippen molar-refractivity contribution in [2.45, 2.75) is 46.5 Å². The molecule has 4 aromatic rings. The zero-order valence-corrected chi connectivity index (χ0v) is 19.3. The quantitative estimate of drug-likeness (QED) is 0.355. The fourth-order valence-corrected chi connectivity index (χ4v) is 4.81. The van der Waals surface area contributed by atoms with E-state index in [-0.39, 0.29) is 5.91 Å². The second-order valence-electron chi connectivity index (χ2n) is 8.60. The highest BCUT2D eigenvalue weighted by Crippen LogP contribution is 2.41. The first kappa shape index (κ1) is 21.3. The largest absolute Gasteiger partial charge is 0.493 e. The number of aryl methyl sites for hydroxylation is 3. The van der Waals surface area contributed by atoms with E-state index in [4.69, 9.17) is 9.15 Å². The van der Waals surface area contributed by atoms with Crippen LogP contribution in [0.4, 0.5) is 5.69 Å². The Morgan fingerprint density at radius 2 is 2.03 bits per heavy atom. The van der Waals surface area contributed by atoms with E-state index in [1.165, 1.54) is 18.4 Å². The standard InChI is InChI=1S/C28H28N2O3/c1-4-32-27-18(3)28-22(20-11-5-6-13-24(20)33-28)16-21(27)17(2)15-25(31)30-23-12-7-9-19-10-8-14-29-26(19)23/h7-10,12,14-16H,4-6,11,13H2,1-3H3,(H,30,31)/b17-15+. The number of carbonyl (C=O) groups excluding carboxylic acids is 1. The molecule has 168 valence electrons. The molecule has 2 aromatic carbocycles. The highest BCUT2D eigenvalue weighted by Gasteiger charge is 2.23. The van der Waals surface area contributed by atoms with Gasteiger partial charge in [-0.2, -0.15) is 0 Å². The molecule has 0 unspecified atom stereocenters. The Kier molecular flexibility index (Phi) is 5.63. The van der Waals surface area contributed by atoms with E-state index in [0.29, 0.717) is 12.3 Å². The second-order valence-corrected chi connectivity index (χ2v) is 8.60. The zero-order chi connectivity index (χ0) is 22.9. The monoisotopic (exact) mass is 440 g/mol. The molecular weight excluding hydrogens is 412 g/mol. The molecule has 0 spiro atoms. The Labute approximate surface area is 193 Å². The molecule has 0 atom stereocenters. The van der Waals surface area contributed by atoms with E-state index < -0.39 is 0 Å². The minimum atomic E-state index is -0.194. The molecule has 5 heteroatoms. The van der Waals surface area contributed by atoms with Gasteiger partial charge in [0, 0.05) is 46.2 Å². The first-order chi connectivity index (χ1) is 16.1. The van der Waals surface area contributed by atoms with E-state index in [0.717, 1.165) is 62.9 Å². The molecule has 2 heterocycles. The number of hydrogen-bond acceptors (Lipinski definition) is 4. The molecule has 2 aromatic heterocycles. The lowest BCUT2D eigenvalue weighted by Crippen LogP contribution is -2.09. The van der Waals surface area contributed by atoms with Crippen LogP contribution in [0.2, 0.25) is 0 Å². The van der Waals surface area contributed by atoms with Crippen molar-refractivity contribution in [1.82, 2.24) is 4.98 Å². The highest BCUT2D eigenvalue weighted by atomic mass is 16.5. The van der Waals surface area contributed by atoms with Crippen molar-refractivity contribution in [1.29, 1.82) is 0 Å². The van der Waals surface area contributed by atoms with Gasteiger partial charge in [0.2, 0.25) is 5.91 Å². The summed E-state index contributed by atoms with van der Waals surface area (Å²) in [5.74, 6) is 1.69. The fourth-order valence-electron chi connectivity index (χ4n) is 4.81. The summed E-state index contributed by atoms with van der Waals surface area (Å²) in [6.07, 6.45) is 7.73. The van der Waals surface area contributed by atoms with Crippen molar-refractivity contribution < 1.29 is 13.9 Å². The van der Waals surface area contributed by atoms with Crippen LogP contribution < -0.4 is 10.1 Å². The van der Waals surface area contributed by atoms with Gasteiger partial charge in [0.15, 0.2) is 0 Å². The molecule has 1 aliphatic carbocycles. The molecule has 5 nitrogen and oxygen atoms in total. The number of ether oxygens (including phenoxy) is 1. The molecule has 0 fully saturated rings. The minimum absolute atomic E-state index is 0.194. The van der Waals surface area contributed by atoms with E-state index in [9.17, 15) is 4.79 Å². The smallest absolute Gasteiger partial charge is 0.248 e. The maximum absolute atomic E-state index is 13.0. The van der Waals surface area contributed by atoms with Crippen LogP contribution in [0.3, 0.4) is 0 Å². The maximum Gasteiger partial charge on any atom is 0.248 e. The highest BCUT2D eigenvalue weighted by molar-refractivity contribution is 6.08.